The zero-order chi connectivity index (χ0) is 12.1. The predicted octanol–water partition coefficient (Wildman–Crippen LogP) is 2.53. The molecule has 1 aromatic carbocycles. The molecule has 0 spiro atoms. The Labute approximate surface area is 98.1 Å². The minimum absolute atomic E-state index is 0.0649. The van der Waals surface area contributed by atoms with Crippen LogP contribution in [-0.2, 0) is 11.2 Å². The largest absolute Gasteiger partial charge is 0.310 e. The van der Waals surface area contributed by atoms with Gasteiger partial charge in [0.15, 0.2) is 0 Å². The lowest BCUT2D eigenvalue weighted by Gasteiger charge is -2.13. The Morgan fingerprint density at radius 1 is 1.25 bits per heavy atom. The van der Waals surface area contributed by atoms with E-state index >= 15 is 0 Å². The summed E-state index contributed by atoms with van der Waals surface area (Å²) in [4.78, 5) is 11.3. The first-order valence-electron chi connectivity index (χ1n) is 5.81. The predicted molar refractivity (Wildman–Crippen MR) is 67.8 cm³/mol. The molecular formula is C14H21NO. The molecule has 0 heterocycles. The Morgan fingerprint density at radius 3 is 2.19 bits per heavy atom. The fourth-order valence-electron chi connectivity index (χ4n) is 1.72. The fourth-order valence-corrected chi connectivity index (χ4v) is 1.72. The molecule has 0 aromatic heterocycles. The summed E-state index contributed by atoms with van der Waals surface area (Å²) in [6.45, 7) is 5.99. The van der Waals surface area contributed by atoms with Crippen LogP contribution in [-0.4, -0.2) is 18.9 Å². The molecular weight excluding hydrogens is 198 g/mol. The van der Waals surface area contributed by atoms with Crippen molar-refractivity contribution in [2.45, 2.75) is 39.2 Å². The number of benzene rings is 1. The summed E-state index contributed by atoms with van der Waals surface area (Å²) in [5.74, 6) is 0.748. The van der Waals surface area contributed by atoms with Crippen molar-refractivity contribution in [3.05, 3.63) is 35.4 Å². The molecule has 88 valence electrons. The molecule has 1 aromatic rings. The van der Waals surface area contributed by atoms with Crippen LogP contribution in [0.15, 0.2) is 24.3 Å². The lowest BCUT2D eigenvalue weighted by Crippen LogP contribution is -2.34. The van der Waals surface area contributed by atoms with Crippen molar-refractivity contribution in [2.75, 3.05) is 7.05 Å². The Kier molecular flexibility index (Phi) is 4.69. The SMILES string of the molecule is CN[C@@H](Cc1ccc(C(C)C)cc1)C(C)=O. The zero-order valence-electron chi connectivity index (χ0n) is 10.6. The van der Waals surface area contributed by atoms with Crippen LogP contribution in [0.5, 0.6) is 0 Å². The summed E-state index contributed by atoms with van der Waals surface area (Å²) in [6, 6.07) is 8.45. The molecule has 2 nitrogen and oxygen atoms in total. The van der Waals surface area contributed by atoms with Crippen LogP contribution in [0.2, 0.25) is 0 Å². The summed E-state index contributed by atoms with van der Waals surface area (Å²) < 4.78 is 0. The van der Waals surface area contributed by atoms with Crippen LogP contribution >= 0.6 is 0 Å². The highest BCUT2D eigenvalue weighted by Crippen LogP contribution is 2.15. The highest BCUT2D eigenvalue weighted by Gasteiger charge is 2.11. The number of nitrogens with one attached hydrogen (secondary N) is 1. The van der Waals surface area contributed by atoms with Gasteiger partial charge in [0, 0.05) is 0 Å². The molecule has 0 unspecified atom stereocenters. The first-order valence-corrected chi connectivity index (χ1v) is 5.81. The van der Waals surface area contributed by atoms with Crippen molar-refractivity contribution < 1.29 is 4.79 Å². The normalized spacial score (nSPS) is 12.8. The molecule has 0 aliphatic rings. The smallest absolute Gasteiger partial charge is 0.147 e. The molecule has 16 heavy (non-hydrogen) atoms. The number of rotatable bonds is 5. The number of Topliss-reactive ketones (excluding diaryl/α,β-unsaturated/α-hetero) is 1. The summed E-state index contributed by atoms with van der Waals surface area (Å²) in [6.07, 6.45) is 0.768. The molecule has 0 bridgehead atoms. The molecule has 0 saturated heterocycles. The van der Waals surface area contributed by atoms with E-state index in [9.17, 15) is 4.79 Å². The van der Waals surface area contributed by atoms with E-state index in [0.717, 1.165) is 6.42 Å². The molecule has 1 atom stereocenters. The summed E-state index contributed by atoms with van der Waals surface area (Å²) in [7, 11) is 1.83. The van der Waals surface area contributed by atoms with E-state index < -0.39 is 0 Å². The molecule has 0 aliphatic carbocycles. The van der Waals surface area contributed by atoms with E-state index in [2.05, 4.69) is 43.4 Å². The number of carbonyl (C=O) groups excluding carboxylic acids is 1. The van der Waals surface area contributed by atoms with Gasteiger partial charge < -0.3 is 5.32 Å². The van der Waals surface area contributed by atoms with Gasteiger partial charge in [-0.15, -0.1) is 0 Å². The van der Waals surface area contributed by atoms with Gasteiger partial charge in [-0.3, -0.25) is 4.79 Å². The number of carbonyl (C=O) groups is 1. The maximum absolute atomic E-state index is 11.3. The fraction of sp³-hybridized carbons (Fsp3) is 0.500. The van der Waals surface area contributed by atoms with Crippen molar-refractivity contribution in [3.63, 3.8) is 0 Å². The maximum atomic E-state index is 11.3. The van der Waals surface area contributed by atoms with E-state index in [4.69, 9.17) is 0 Å². The van der Waals surface area contributed by atoms with Gasteiger partial charge in [0.1, 0.15) is 5.78 Å². The van der Waals surface area contributed by atoms with Crippen LogP contribution in [0.1, 0.15) is 37.8 Å². The summed E-state index contributed by atoms with van der Waals surface area (Å²) >= 11 is 0. The summed E-state index contributed by atoms with van der Waals surface area (Å²) in [5.41, 5.74) is 2.55. The number of ketones is 1. The molecule has 0 aliphatic heterocycles. The molecule has 2 heteroatoms. The van der Waals surface area contributed by atoms with E-state index in [0.29, 0.717) is 5.92 Å². The van der Waals surface area contributed by atoms with E-state index in [1.807, 2.05) is 7.05 Å². The third-order valence-corrected chi connectivity index (χ3v) is 2.93. The summed E-state index contributed by atoms with van der Waals surface area (Å²) in [5, 5.41) is 3.04. The molecule has 0 fully saturated rings. The van der Waals surface area contributed by atoms with Crippen LogP contribution in [0, 0.1) is 0 Å². The topological polar surface area (TPSA) is 29.1 Å². The van der Waals surface area contributed by atoms with E-state index in [1.54, 1.807) is 6.92 Å². The van der Waals surface area contributed by atoms with Crippen LogP contribution in [0.3, 0.4) is 0 Å². The van der Waals surface area contributed by atoms with Crippen LogP contribution < -0.4 is 5.32 Å². The van der Waals surface area contributed by atoms with E-state index in [1.165, 1.54) is 11.1 Å². The highest BCUT2D eigenvalue weighted by atomic mass is 16.1. The Morgan fingerprint density at radius 2 is 1.81 bits per heavy atom. The van der Waals surface area contributed by atoms with Gasteiger partial charge in [-0.1, -0.05) is 38.1 Å². The van der Waals surface area contributed by atoms with Gasteiger partial charge in [0.25, 0.3) is 0 Å². The number of hydrogen-bond acceptors (Lipinski definition) is 2. The lowest BCUT2D eigenvalue weighted by atomic mass is 9.98. The van der Waals surface area contributed by atoms with E-state index in [-0.39, 0.29) is 11.8 Å². The maximum Gasteiger partial charge on any atom is 0.147 e. The minimum Gasteiger partial charge on any atom is -0.310 e. The van der Waals surface area contributed by atoms with Gasteiger partial charge in [-0.2, -0.15) is 0 Å². The quantitative estimate of drug-likeness (QED) is 0.824. The molecule has 1 rings (SSSR count). The monoisotopic (exact) mass is 219 g/mol. The third-order valence-electron chi connectivity index (χ3n) is 2.93. The molecule has 1 N–H and O–H groups in total. The highest BCUT2D eigenvalue weighted by molar-refractivity contribution is 5.81. The number of hydrogen-bond donors (Lipinski definition) is 1. The van der Waals surface area contributed by atoms with Crippen LogP contribution in [0.4, 0.5) is 0 Å². The van der Waals surface area contributed by atoms with Crippen molar-refractivity contribution >= 4 is 5.78 Å². The second kappa shape index (κ2) is 5.80. The lowest BCUT2D eigenvalue weighted by molar-refractivity contribution is -0.118. The average Bonchev–Trinajstić information content (AvgIpc) is 2.26. The van der Waals surface area contributed by atoms with Crippen molar-refractivity contribution in [1.29, 1.82) is 0 Å². The Hall–Kier alpha value is -1.15. The molecule has 0 radical (unpaired) electrons. The van der Waals surface area contributed by atoms with Gasteiger partial charge in [-0.05, 0) is 37.4 Å². The first-order chi connectivity index (χ1) is 7.54. The minimum atomic E-state index is -0.0649. The molecule has 0 amide bonds. The molecule has 0 saturated carbocycles. The van der Waals surface area contributed by atoms with Crippen molar-refractivity contribution in [3.8, 4) is 0 Å². The number of likely N-dealkylation sites (N-methyl/N-ethyl adjacent to an activating group) is 1. The first kappa shape index (κ1) is 12.9. The van der Waals surface area contributed by atoms with Gasteiger partial charge >= 0.3 is 0 Å². The van der Waals surface area contributed by atoms with Gasteiger partial charge in [0.05, 0.1) is 6.04 Å². The third kappa shape index (κ3) is 3.46. The second-order valence-electron chi connectivity index (χ2n) is 4.55. The van der Waals surface area contributed by atoms with Gasteiger partial charge in [0.2, 0.25) is 0 Å². The van der Waals surface area contributed by atoms with Crippen molar-refractivity contribution in [2.24, 2.45) is 0 Å². The second-order valence-corrected chi connectivity index (χ2v) is 4.55. The Bertz CT molecular complexity index is 340. The standard InChI is InChI=1S/C14H21NO/c1-10(2)13-7-5-12(6-8-13)9-14(15-4)11(3)16/h5-8,10,14-15H,9H2,1-4H3/t14-/m0/s1. The average molecular weight is 219 g/mol. The zero-order valence-corrected chi connectivity index (χ0v) is 10.6. The van der Waals surface area contributed by atoms with Crippen LogP contribution in [0.25, 0.3) is 0 Å². The van der Waals surface area contributed by atoms with Gasteiger partial charge in [-0.25, -0.2) is 0 Å². The van der Waals surface area contributed by atoms with Crippen molar-refractivity contribution in [1.82, 2.24) is 5.32 Å². The Balaban J connectivity index is 2.71.